The number of aryl methyl sites for hydroxylation is 3. The summed E-state index contributed by atoms with van der Waals surface area (Å²) in [6, 6.07) is 6.00. The van der Waals surface area contributed by atoms with Crippen LogP contribution in [0.2, 0.25) is 0 Å². The monoisotopic (exact) mass is 260 g/mol. The van der Waals surface area contributed by atoms with Gasteiger partial charge >= 0.3 is 0 Å². The SMILES string of the molecule is Cc1cccc(CN(C)c2c(CO)c(C)nn2C)n1. The molecule has 1 N–H and O–H groups in total. The molecule has 0 saturated heterocycles. The fraction of sp³-hybridized carbons (Fsp3) is 0.429. The van der Waals surface area contributed by atoms with Crippen LogP contribution in [0.3, 0.4) is 0 Å². The Morgan fingerprint density at radius 2 is 2.05 bits per heavy atom. The van der Waals surface area contributed by atoms with Crippen molar-refractivity contribution in [3.8, 4) is 0 Å². The van der Waals surface area contributed by atoms with E-state index >= 15 is 0 Å². The van der Waals surface area contributed by atoms with Crippen LogP contribution in [0.5, 0.6) is 0 Å². The minimum Gasteiger partial charge on any atom is -0.391 e. The van der Waals surface area contributed by atoms with Gasteiger partial charge in [-0.15, -0.1) is 0 Å². The molecule has 2 aromatic heterocycles. The van der Waals surface area contributed by atoms with Crippen molar-refractivity contribution in [2.75, 3.05) is 11.9 Å². The minimum atomic E-state index is 0.000588. The Morgan fingerprint density at radius 1 is 1.32 bits per heavy atom. The molecule has 0 spiro atoms. The molecule has 0 atom stereocenters. The van der Waals surface area contributed by atoms with E-state index in [1.165, 1.54) is 0 Å². The summed E-state index contributed by atoms with van der Waals surface area (Å²) >= 11 is 0. The number of nitrogens with zero attached hydrogens (tertiary/aromatic N) is 4. The number of aliphatic hydroxyl groups excluding tert-OH is 1. The molecule has 19 heavy (non-hydrogen) atoms. The van der Waals surface area contributed by atoms with Gasteiger partial charge in [-0.25, -0.2) is 0 Å². The van der Waals surface area contributed by atoms with Crippen LogP contribution in [0.1, 0.15) is 22.6 Å². The van der Waals surface area contributed by atoms with E-state index in [0.717, 1.165) is 28.5 Å². The Balaban J connectivity index is 2.27. The number of aromatic nitrogens is 3. The number of hydrogen-bond acceptors (Lipinski definition) is 4. The maximum Gasteiger partial charge on any atom is 0.132 e. The average molecular weight is 260 g/mol. The Hall–Kier alpha value is -1.88. The van der Waals surface area contributed by atoms with E-state index in [-0.39, 0.29) is 6.61 Å². The smallest absolute Gasteiger partial charge is 0.132 e. The average Bonchev–Trinajstić information content (AvgIpc) is 2.63. The van der Waals surface area contributed by atoms with E-state index in [1.54, 1.807) is 4.68 Å². The lowest BCUT2D eigenvalue weighted by atomic mass is 10.2. The van der Waals surface area contributed by atoms with Gasteiger partial charge in [-0.1, -0.05) is 6.07 Å². The number of rotatable bonds is 4. The zero-order chi connectivity index (χ0) is 14.0. The lowest BCUT2D eigenvalue weighted by Crippen LogP contribution is -2.21. The molecule has 0 bridgehead atoms. The normalized spacial score (nSPS) is 10.8. The Labute approximate surface area is 113 Å². The number of hydrogen-bond donors (Lipinski definition) is 1. The summed E-state index contributed by atoms with van der Waals surface area (Å²) in [5.74, 6) is 0.934. The number of anilines is 1. The van der Waals surface area contributed by atoms with Gasteiger partial charge in [0.15, 0.2) is 0 Å². The molecule has 0 radical (unpaired) electrons. The first-order valence-electron chi connectivity index (χ1n) is 6.30. The van der Waals surface area contributed by atoms with Crippen molar-refractivity contribution in [3.63, 3.8) is 0 Å². The largest absolute Gasteiger partial charge is 0.391 e. The summed E-state index contributed by atoms with van der Waals surface area (Å²) in [6.07, 6.45) is 0. The highest BCUT2D eigenvalue weighted by Gasteiger charge is 2.16. The second kappa shape index (κ2) is 5.40. The van der Waals surface area contributed by atoms with E-state index in [1.807, 2.05) is 46.1 Å². The van der Waals surface area contributed by atoms with Gasteiger partial charge in [0.25, 0.3) is 0 Å². The van der Waals surface area contributed by atoms with E-state index < -0.39 is 0 Å². The van der Waals surface area contributed by atoms with E-state index in [4.69, 9.17) is 0 Å². The van der Waals surface area contributed by atoms with Crippen molar-refractivity contribution >= 4 is 5.82 Å². The zero-order valence-electron chi connectivity index (χ0n) is 11.9. The molecule has 0 unspecified atom stereocenters. The van der Waals surface area contributed by atoms with Crippen molar-refractivity contribution in [3.05, 3.63) is 40.8 Å². The fourth-order valence-electron chi connectivity index (χ4n) is 2.36. The Bertz CT molecular complexity index is 577. The van der Waals surface area contributed by atoms with Crippen molar-refractivity contribution in [2.45, 2.75) is 27.0 Å². The molecule has 0 aliphatic heterocycles. The van der Waals surface area contributed by atoms with Crippen LogP contribution in [0.25, 0.3) is 0 Å². The van der Waals surface area contributed by atoms with Crippen molar-refractivity contribution in [1.82, 2.24) is 14.8 Å². The van der Waals surface area contributed by atoms with Crippen LogP contribution in [0.15, 0.2) is 18.2 Å². The molecule has 2 aromatic rings. The standard InChI is InChI=1S/C14H20N4O/c1-10-6-5-7-12(15-10)8-17(3)14-13(9-19)11(2)16-18(14)4/h5-7,19H,8-9H2,1-4H3. The summed E-state index contributed by atoms with van der Waals surface area (Å²) < 4.78 is 1.80. The number of aliphatic hydroxyl groups is 1. The van der Waals surface area contributed by atoms with Gasteiger partial charge in [0.05, 0.1) is 24.5 Å². The predicted octanol–water partition coefficient (Wildman–Crippen LogP) is 1.56. The zero-order valence-corrected chi connectivity index (χ0v) is 11.9. The molecule has 0 aliphatic carbocycles. The van der Waals surface area contributed by atoms with Crippen LogP contribution in [0, 0.1) is 13.8 Å². The molecule has 5 heteroatoms. The third kappa shape index (κ3) is 2.76. The minimum absolute atomic E-state index is 0.000588. The highest BCUT2D eigenvalue weighted by atomic mass is 16.3. The van der Waals surface area contributed by atoms with Crippen LogP contribution in [-0.2, 0) is 20.2 Å². The van der Waals surface area contributed by atoms with Gasteiger partial charge in [-0.2, -0.15) is 5.10 Å². The molecule has 0 aliphatic rings. The lowest BCUT2D eigenvalue weighted by Gasteiger charge is -2.20. The van der Waals surface area contributed by atoms with Crippen molar-refractivity contribution in [1.29, 1.82) is 0 Å². The maximum atomic E-state index is 9.48. The van der Waals surface area contributed by atoms with Crippen LogP contribution >= 0.6 is 0 Å². The first kappa shape index (κ1) is 13.5. The second-order valence-corrected chi connectivity index (χ2v) is 4.80. The fourth-order valence-corrected chi connectivity index (χ4v) is 2.36. The van der Waals surface area contributed by atoms with Gasteiger partial charge in [-0.3, -0.25) is 9.67 Å². The van der Waals surface area contributed by atoms with Gasteiger partial charge in [0.2, 0.25) is 0 Å². The van der Waals surface area contributed by atoms with Crippen LogP contribution in [0.4, 0.5) is 5.82 Å². The third-order valence-corrected chi connectivity index (χ3v) is 3.18. The predicted molar refractivity (Wildman–Crippen MR) is 74.9 cm³/mol. The molecule has 5 nitrogen and oxygen atoms in total. The molecule has 0 saturated carbocycles. The topological polar surface area (TPSA) is 54.2 Å². The van der Waals surface area contributed by atoms with Gasteiger partial charge in [0.1, 0.15) is 5.82 Å². The molecule has 0 aromatic carbocycles. The van der Waals surface area contributed by atoms with Crippen LogP contribution < -0.4 is 4.90 Å². The molecule has 102 valence electrons. The first-order chi connectivity index (χ1) is 9.02. The van der Waals surface area contributed by atoms with Gasteiger partial charge in [-0.05, 0) is 26.0 Å². The first-order valence-corrected chi connectivity index (χ1v) is 6.30. The Morgan fingerprint density at radius 3 is 2.68 bits per heavy atom. The summed E-state index contributed by atoms with van der Waals surface area (Å²) in [5, 5.41) is 13.8. The Kier molecular flexibility index (Phi) is 3.85. The molecular formula is C14H20N4O. The van der Waals surface area contributed by atoms with Crippen LogP contribution in [-0.4, -0.2) is 26.9 Å². The third-order valence-electron chi connectivity index (χ3n) is 3.18. The molecule has 0 fully saturated rings. The molecule has 2 heterocycles. The highest BCUT2D eigenvalue weighted by molar-refractivity contribution is 5.49. The van der Waals surface area contributed by atoms with Gasteiger partial charge in [0, 0.05) is 25.4 Å². The summed E-state index contributed by atoms with van der Waals surface area (Å²) in [6.45, 7) is 4.58. The van der Waals surface area contributed by atoms with E-state index in [0.29, 0.717) is 6.54 Å². The maximum absolute atomic E-state index is 9.48. The van der Waals surface area contributed by atoms with Gasteiger partial charge < -0.3 is 10.0 Å². The molecule has 0 amide bonds. The van der Waals surface area contributed by atoms with E-state index in [2.05, 4.69) is 15.0 Å². The summed E-state index contributed by atoms with van der Waals surface area (Å²) in [7, 11) is 3.88. The summed E-state index contributed by atoms with van der Waals surface area (Å²) in [5.41, 5.74) is 3.75. The van der Waals surface area contributed by atoms with Crippen molar-refractivity contribution < 1.29 is 5.11 Å². The van der Waals surface area contributed by atoms with Crippen molar-refractivity contribution in [2.24, 2.45) is 7.05 Å². The summed E-state index contributed by atoms with van der Waals surface area (Å²) in [4.78, 5) is 6.56. The number of pyridine rings is 1. The quantitative estimate of drug-likeness (QED) is 0.906. The molecular weight excluding hydrogens is 240 g/mol. The second-order valence-electron chi connectivity index (χ2n) is 4.80. The highest BCUT2D eigenvalue weighted by Crippen LogP contribution is 2.23. The lowest BCUT2D eigenvalue weighted by molar-refractivity contribution is 0.281. The van der Waals surface area contributed by atoms with E-state index in [9.17, 15) is 5.11 Å². The molecule has 2 rings (SSSR count).